The van der Waals surface area contributed by atoms with E-state index in [0.717, 1.165) is 50.2 Å². The molecule has 23 heavy (non-hydrogen) atoms. The van der Waals surface area contributed by atoms with E-state index in [9.17, 15) is 0 Å². The third-order valence-electron chi connectivity index (χ3n) is 4.08. The first kappa shape index (κ1) is 15.5. The molecule has 3 rings (SSSR count). The summed E-state index contributed by atoms with van der Waals surface area (Å²) in [6.45, 7) is 5.60. The zero-order valence-corrected chi connectivity index (χ0v) is 13.4. The largest absolute Gasteiger partial charge is 0.454 e. The summed E-state index contributed by atoms with van der Waals surface area (Å²) in [5.41, 5.74) is 1.25. The van der Waals surface area contributed by atoms with Gasteiger partial charge in [-0.25, -0.2) is 0 Å². The predicted molar refractivity (Wildman–Crippen MR) is 89.6 cm³/mol. The van der Waals surface area contributed by atoms with Crippen molar-refractivity contribution in [3.8, 4) is 23.8 Å². The van der Waals surface area contributed by atoms with Crippen LogP contribution < -0.4 is 14.8 Å². The number of aliphatic imine (C=N–C) groups is 1. The lowest BCUT2D eigenvalue weighted by atomic mass is 10.1. The summed E-state index contributed by atoms with van der Waals surface area (Å²) in [6.07, 6.45) is 5.29. The molecule has 0 aromatic heterocycles. The van der Waals surface area contributed by atoms with Gasteiger partial charge in [-0.1, -0.05) is 12.0 Å². The highest BCUT2D eigenvalue weighted by Crippen LogP contribution is 2.32. The molecule has 2 aliphatic rings. The first-order chi connectivity index (χ1) is 11.3. The van der Waals surface area contributed by atoms with Gasteiger partial charge in [-0.3, -0.25) is 9.89 Å². The van der Waals surface area contributed by atoms with E-state index in [0.29, 0.717) is 13.3 Å². The monoisotopic (exact) mass is 314 g/mol. The van der Waals surface area contributed by atoms with Crippen molar-refractivity contribution in [1.29, 1.82) is 0 Å². The standard InChI is InChI=1S/C17H22N4O2/c1-3-6-19-17(18-2)21-9-7-20(8-10-21)12-14-4-5-15-16(11-14)23-13-22-15/h1,4-5,11H,6-10,12-13H2,2H3,(H,18,19). The number of benzene rings is 1. The van der Waals surface area contributed by atoms with Gasteiger partial charge in [0.2, 0.25) is 6.79 Å². The molecule has 1 aromatic rings. The van der Waals surface area contributed by atoms with Crippen molar-refractivity contribution >= 4 is 5.96 Å². The highest BCUT2D eigenvalue weighted by atomic mass is 16.7. The van der Waals surface area contributed by atoms with Crippen molar-refractivity contribution in [3.63, 3.8) is 0 Å². The van der Waals surface area contributed by atoms with Crippen molar-refractivity contribution in [2.45, 2.75) is 6.54 Å². The number of hydrogen-bond acceptors (Lipinski definition) is 4. The molecule has 1 fully saturated rings. The summed E-state index contributed by atoms with van der Waals surface area (Å²) in [7, 11) is 1.79. The minimum atomic E-state index is 0.321. The first-order valence-electron chi connectivity index (χ1n) is 7.80. The van der Waals surface area contributed by atoms with Gasteiger partial charge in [0.05, 0.1) is 6.54 Å². The molecule has 0 bridgehead atoms. The van der Waals surface area contributed by atoms with Crippen LogP contribution in [0.4, 0.5) is 0 Å². The molecular formula is C17H22N4O2. The van der Waals surface area contributed by atoms with Gasteiger partial charge in [0.15, 0.2) is 17.5 Å². The number of nitrogens with one attached hydrogen (secondary N) is 1. The van der Waals surface area contributed by atoms with E-state index < -0.39 is 0 Å². The molecule has 0 radical (unpaired) electrons. The topological polar surface area (TPSA) is 49.3 Å². The van der Waals surface area contributed by atoms with E-state index >= 15 is 0 Å². The number of hydrogen-bond donors (Lipinski definition) is 1. The maximum Gasteiger partial charge on any atom is 0.231 e. The Hall–Kier alpha value is -2.39. The van der Waals surface area contributed by atoms with Crippen molar-refractivity contribution in [3.05, 3.63) is 23.8 Å². The molecule has 6 nitrogen and oxygen atoms in total. The quantitative estimate of drug-likeness (QED) is 0.507. The Morgan fingerprint density at radius 1 is 1.26 bits per heavy atom. The summed E-state index contributed by atoms with van der Waals surface area (Å²) >= 11 is 0. The molecular weight excluding hydrogens is 292 g/mol. The second-order valence-electron chi connectivity index (χ2n) is 5.56. The van der Waals surface area contributed by atoms with Gasteiger partial charge in [0.25, 0.3) is 0 Å². The predicted octanol–water partition coefficient (Wildman–Crippen LogP) is 0.742. The fourth-order valence-corrected chi connectivity index (χ4v) is 2.88. The molecule has 2 aliphatic heterocycles. The molecule has 1 aromatic carbocycles. The van der Waals surface area contributed by atoms with Crippen LogP contribution in [0, 0.1) is 12.3 Å². The highest BCUT2D eigenvalue weighted by Gasteiger charge is 2.20. The minimum Gasteiger partial charge on any atom is -0.454 e. The van der Waals surface area contributed by atoms with Gasteiger partial charge < -0.3 is 19.7 Å². The third-order valence-corrected chi connectivity index (χ3v) is 4.08. The SMILES string of the molecule is C#CCNC(=NC)N1CCN(Cc2ccc3c(c2)OCO3)CC1. The molecule has 2 heterocycles. The van der Waals surface area contributed by atoms with Crippen LogP contribution in [-0.4, -0.2) is 62.3 Å². The van der Waals surface area contributed by atoms with E-state index in [-0.39, 0.29) is 0 Å². The molecule has 6 heteroatoms. The molecule has 0 saturated carbocycles. The fraction of sp³-hybridized carbons (Fsp3) is 0.471. The van der Waals surface area contributed by atoms with E-state index in [4.69, 9.17) is 15.9 Å². The first-order valence-corrected chi connectivity index (χ1v) is 7.80. The Kier molecular flexibility index (Phi) is 4.89. The molecule has 0 amide bonds. The number of guanidine groups is 1. The van der Waals surface area contributed by atoms with Crippen LogP contribution in [0.1, 0.15) is 5.56 Å². The minimum absolute atomic E-state index is 0.321. The van der Waals surface area contributed by atoms with Crippen molar-refractivity contribution in [2.24, 2.45) is 4.99 Å². The van der Waals surface area contributed by atoms with Crippen LogP contribution >= 0.6 is 0 Å². The van der Waals surface area contributed by atoms with Gasteiger partial charge >= 0.3 is 0 Å². The van der Waals surface area contributed by atoms with Gasteiger partial charge in [0, 0.05) is 39.8 Å². The Balaban J connectivity index is 1.52. The number of terminal acetylenes is 1. The number of nitrogens with zero attached hydrogens (tertiary/aromatic N) is 3. The van der Waals surface area contributed by atoms with Crippen LogP contribution in [0.25, 0.3) is 0 Å². The van der Waals surface area contributed by atoms with Gasteiger partial charge in [0.1, 0.15) is 0 Å². The summed E-state index contributed by atoms with van der Waals surface area (Å²) in [5.74, 6) is 5.15. The summed E-state index contributed by atoms with van der Waals surface area (Å²) in [5, 5.41) is 3.17. The van der Waals surface area contributed by atoms with Gasteiger partial charge in [-0.15, -0.1) is 6.42 Å². The molecule has 1 saturated heterocycles. The van der Waals surface area contributed by atoms with Crippen molar-refractivity contribution in [1.82, 2.24) is 15.1 Å². The lowest BCUT2D eigenvalue weighted by Gasteiger charge is -2.36. The van der Waals surface area contributed by atoms with Gasteiger partial charge in [-0.2, -0.15) is 0 Å². The highest BCUT2D eigenvalue weighted by molar-refractivity contribution is 5.80. The molecule has 0 atom stereocenters. The fourth-order valence-electron chi connectivity index (χ4n) is 2.88. The van der Waals surface area contributed by atoms with E-state index in [1.165, 1.54) is 5.56 Å². The van der Waals surface area contributed by atoms with Gasteiger partial charge in [-0.05, 0) is 17.7 Å². The Morgan fingerprint density at radius 3 is 2.78 bits per heavy atom. The summed E-state index contributed by atoms with van der Waals surface area (Å²) in [4.78, 5) is 8.96. The Bertz CT molecular complexity index is 616. The summed E-state index contributed by atoms with van der Waals surface area (Å²) < 4.78 is 10.8. The average Bonchev–Trinajstić information content (AvgIpc) is 3.04. The molecule has 1 N–H and O–H groups in total. The zero-order chi connectivity index (χ0) is 16.1. The third kappa shape index (κ3) is 3.69. The van der Waals surface area contributed by atoms with E-state index in [1.54, 1.807) is 7.05 Å². The van der Waals surface area contributed by atoms with Crippen LogP contribution in [0.15, 0.2) is 23.2 Å². The number of piperazine rings is 1. The molecule has 0 spiro atoms. The van der Waals surface area contributed by atoms with E-state index in [1.807, 2.05) is 6.07 Å². The van der Waals surface area contributed by atoms with Crippen LogP contribution in [0.3, 0.4) is 0 Å². The lowest BCUT2D eigenvalue weighted by molar-refractivity contribution is 0.171. The van der Waals surface area contributed by atoms with Crippen LogP contribution in [0.5, 0.6) is 11.5 Å². The number of fused-ring (bicyclic) bond motifs is 1. The molecule has 0 aliphatic carbocycles. The lowest BCUT2D eigenvalue weighted by Crippen LogP contribution is -2.52. The molecule has 122 valence electrons. The Morgan fingerprint density at radius 2 is 2.04 bits per heavy atom. The average molecular weight is 314 g/mol. The normalized spacial score (nSPS) is 17.9. The van der Waals surface area contributed by atoms with Crippen LogP contribution in [-0.2, 0) is 6.54 Å². The second-order valence-corrected chi connectivity index (χ2v) is 5.56. The maximum absolute atomic E-state index is 5.44. The number of ether oxygens (including phenoxy) is 2. The number of rotatable bonds is 3. The van der Waals surface area contributed by atoms with Crippen molar-refractivity contribution < 1.29 is 9.47 Å². The Labute approximate surface area is 137 Å². The summed E-state index contributed by atoms with van der Waals surface area (Å²) in [6, 6.07) is 6.16. The van der Waals surface area contributed by atoms with E-state index in [2.05, 4.69) is 38.2 Å². The smallest absolute Gasteiger partial charge is 0.231 e. The van der Waals surface area contributed by atoms with Crippen LogP contribution in [0.2, 0.25) is 0 Å². The maximum atomic E-state index is 5.44. The van der Waals surface area contributed by atoms with Crippen molar-refractivity contribution in [2.75, 3.05) is 46.6 Å². The zero-order valence-electron chi connectivity index (χ0n) is 13.4. The second kappa shape index (κ2) is 7.25. The molecule has 0 unspecified atom stereocenters.